The zero-order valence-electron chi connectivity index (χ0n) is 10.8. The van der Waals surface area contributed by atoms with Crippen LogP contribution in [0.5, 0.6) is 0 Å². The third-order valence-corrected chi connectivity index (χ3v) is 4.11. The number of nitrogens with one attached hydrogen (secondary N) is 1. The topological polar surface area (TPSA) is 12.0 Å². The van der Waals surface area contributed by atoms with Crippen LogP contribution < -0.4 is 5.32 Å². The minimum Gasteiger partial charge on any atom is -0.319 e. The Balaban J connectivity index is 2.60. The number of hydrogen-bond acceptors (Lipinski definition) is 2. The second-order valence-electron chi connectivity index (χ2n) is 4.43. The Kier molecular flexibility index (Phi) is 5.93. The SMILES string of the molecule is CCC(CNC)Sc1ccc(C(C)C)cc1. The maximum Gasteiger partial charge on any atom is 0.0217 e. The highest BCUT2D eigenvalue weighted by Crippen LogP contribution is 2.26. The van der Waals surface area contributed by atoms with Crippen molar-refractivity contribution in [3.05, 3.63) is 29.8 Å². The Bertz CT molecular complexity index is 292. The zero-order valence-corrected chi connectivity index (χ0v) is 11.6. The molecule has 0 radical (unpaired) electrons. The van der Waals surface area contributed by atoms with Gasteiger partial charge in [-0.1, -0.05) is 32.9 Å². The zero-order chi connectivity index (χ0) is 12.0. The van der Waals surface area contributed by atoms with E-state index in [4.69, 9.17) is 0 Å². The van der Waals surface area contributed by atoms with E-state index in [-0.39, 0.29) is 0 Å². The maximum atomic E-state index is 3.25. The van der Waals surface area contributed by atoms with Crippen LogP contribution in [-0.2, 0) is 0 Å². The number of thioether (sulfide) groups is 1. The number of hydrogen-bond donors (Lipinski definition) is 1. The molecule has 1 N–H and O–H groups in total. The van der Waals surface area contributed by atoms with Crippen molar-refractivity contribution in [3.8, 4) is 0 Å². The minimum absolute atomic E-state index is 0.623. The van der Waals surface area contributed by atoms with Crippen molar-refractivity contribution < 1.29 is 0 Å². The van der Waals surface area contributed by atoms with E-state index in [1.54, 1.807) is 0 Å². The van der Waals surface area contributed by atoms with Gasteiger partial charge in [-0.2, -0.15) is 0 Å². The van der Waals surface area contributed by atoms with Gasteiger partial charge in [0, 0.05) is 16.7 Å². The molecular weight excluding hydrogens is 214 g/mol. The highest BCUT2D eigenvalue weighted by molar-refractivity contribution is 8.00. The standard InChI is InChI=1S/C14H23NS/c1-5-13(10-15-4)16-14-8-6-12(7-9-14)11(2)3/h6-9,11,13,15H,5,10H2,1-4H3. The molecule has 0 fully saturated rings. The van der Waals surface area contributed by atoms with Gasteiger partial charge in [-0.15, -0.1) is 11.8 Å². The van der Waals surface area contributed by atoms with Crippen LogP contribution in [0.4, 0.5) is 0 Å². The van der Waals surface area contributed by atoms with E-state index in [1.165, 1.54) is 16.9 Å². The number of benzene rings is 1. The van der Waals surface area contributed by atoms with E-state index in [2.05, 4.69) is 50.4 Å². The molecule has 0 aliphatic rings. The molecule has 16 heavy (non-hydrogen) atoms. The van der Waals surface area contributed by atoms with Crippen molar-refractivity contribution in [1.29, 1.82) is 0 Å². The summed E-state index contributed by atoms with van der Waals surface area (Å²) in [6, 6.07) is 8.99. The van der Waals surface area contributed by atoms with Gasteiger partial charge >= 0.3 is 0 Å². The van der Waals surface area contributed by atoms with Crippen LogP contribution in [0.25, 0.3) is 0 Å². The summed E-state index contributed by atoms with van der Waals surface area (Å²) in [5, 5.41) is 3.92. The summed E-state index contributed by atoms with van der Waals surface area (Å²) >= 11 is 1.97. The maximum absolute atomic E-state index is 3.25. The van der Waals surface area contributed by atoms with E-state index in [1.807, 2.05) is 18.8 Å². The van der Waals surface area contributed by atoms with Crippen molar-refractivity contribution in [1.82, 2.24) is 5.32 Å². The van der Waals surface area contributed by atoms with Crippen LogP contribution in [-0.4, -0.2) is 18.8 Å². The molecule has 0 amide bonds. The van der Waals surface area contributed by atoms with Crippen LogP contribution in [0.2, 0.25) is 0 Å². The fourth-order valence-electron chi connectivity index (χ4n) is 1.62. The van der Waals surface area contributed by atoms with Gasteiger partial charge in [0.25, 0.3) is 0 Å². The molecule has 0 aliphatic carbocycles. The molecule has 0 aromatic heterocycles. The summed E-state index contributed by atoms with van der Waals surface area (Å²) in [5.74, 6) is 0.623. The lowest BCUT2D eigenvalue weighted by Crippen LogP contribution is -2.19. The van der Waals surface area contributed by atoms with Crippen LogP contribution in [0.1, 0.15) is 38.7 Å². The minimum atomic E-state index is 0.623. The Morgan fingerprint density at radius 3 is 2.25 bits per heavy atom. The molecule has 1 nitrogen and oxygen atoms in total. The largest absolute Gasteiger partial charge is 0.319 e. The molecule has 1 atom stereocenters. The van der Waals surface area contributed by atoms with Gasteiger partial charge in [0.15, 0.2) is 0 Å². The monoisotopic (exact) mass is 237 g/mol. The summed E-state index contributed by atoms with van der Waals surface area (Å²) < 4.78 is 0. The van der Waals surface area contributed by atoms with Crippen molar-refractivity contribution in [3.63, 3.8) is 0 Å². The van der Waals surface area contributed by atoms with E-state index in [0.29, 0.717) is 11.2 Å². The average molecular weight is 237 g/mol. The molecule has 0 spiro atoms. The summed E-state index contributed by atoms with van der Waals surface area (Å²) in [6.07, 6.45) is 1.21. The molecule has 0 bridgehead atoms. The molecule has 1 aromatic carbocycles. The lowest BCUT2D eigenvalue weighted by atomic mass is 10.0. The molecule has 0 heterocycles. The van der Waals surface area contributed by atoms with E-state index in [0.717, 1.165) is 6.54 Å². The van der Waals surface area contributed by atoms with Crippen molar-refractivity contribution >= 4 is 11.8 Å². The average Bonchev–Trinajstić information content (AvgIpc) is 2.29. The van der Waals surface area contributed by atoms with Crippen molar-refractivity contribution in [2.24, 2.45) is 0 Å². The van der Waals surface area contributed by atoms with Gasteiger partial charge in [0.1, 0.15) is 0 Å². The first-order valence-electron chi connectivity index (χ1n) is 6.08. The Hall–Kier alpha value is -0.470. The lowest BCUT2D eigenvalue weighted by Gasteiger charge is -2.14. The molecular formula is C14H23NS. The molecule has 0 saturated heterocycles. The van der Waals surface area contributed by atoms with Gasteiger partial charge in [0.05, 0.1) is 0 Å². The van der Waals surface area contributed by atoms with Crippen LogP contribution in [0.15, 0.2) is 29.2 Å². The van der Waals surface area contributed by atoms with E-state index < -0.39 is 0 Å². The smallest absolute Gasteiger partial charge is 0.0217 e. The molecule has 2 heteroatoms. The van der Waals surface area contributed by atoms with Crippen LogP contribution in [0, 0.1) is 0 Å². The number of rotatable bonds is 6. The van der Waals surface area contributed by atoms with Gasteiger partial charge in [-0.05, 0) is 37.1 Å². The summed E-state index contributed by atoms with van der Waals surface area (Å²) in [5.41, 5.74) is 1.42. The Morgan fingerprint density at radius 1 is 1.19 bits per heavy atom. The first-order chi connectivity index (χ1) is 7.67. The Morgan fingerprint density at radius 2 is 1.81 bits per heavy atom. The summed E-state index contributed by atoms with van der Waals surface area (Å²) in [6.45, 7) is 7.79. The van der Waals surface area contributed by atoms with Crippen LogP contribution in [0.3, 0.4) is 0 Å². The highest BCUT2D eigenvalue weighted by atomic mass is 32.2. The Labute approximate surface area is 104 Å². The van der Waals surface area contributed by atoms with Gasteiger partial charge in [-0.25, -0.2) is 0 Å². The summed E-state index contributed by atoms with van der Waals surface area (Å²) in [7, 11) is 2.02. The molecule has 1 rings (SSSR count). The predicted octanol–water partition coefficient (Wildman–Crippen LogP) is 3.90. The summed E-state index contributed by atoms with van der Waals surface area (Å²) in [4.78, 5) is 1.38. The second kappa shape index (κ2) is 6.97. The fraction of sp³-hybridized carbons (Fsp3) is 0.571. The molecule has 1 unspecified atom stereocenters. The van der Waals surface area contributed by atoms with Gasteiger partial charge in [0.2, 0.25) is 0 Å². The van der Waals surface area contributed by atoms with E-state index in [9.17, 15) is 0 Å². The first-order valence-corrected chi connectivity index (χ1v) is 6.96. The quantitative estimate of drug-likeness (QED) is 0.753. The van der Waals surface area contributed by atoms with Gasteiger partial charge < -0.3 is 5.32 Å². The molecule has 1 aromatic rings. The lowest BCUT2D eigenvalue weighted by molar-refractivity contribution is 0.726. The van der Waals surface area contributed by atoms with E-state index >= 15 is 0 Å². The normalized spacial score (nSPS) is 13.1. The van der Waals surface area contributed by atoms with Gasteiger partial charge in [-0.3, -0.25) is 0 Å². The molecule has 90 valence electrons. The first kappa shape index (κ1) is 13.6. The molecule has 0 saturated carbocycles. The van der Waals surface area contributed by atoms with Crippen LogP contribution >= 0.6 is 11.8 Å². The third-order valence-electron chi connectivity index (χ3n) is 2.74. The van der Waals surface area contributed by atoms with Crippen molar-refractivity contribution in [2.45, 2.75) is 43.3 Å². The predicted molar refractivity (Wildman–Crippen MR) is 74.4 cm³/mol. The highest BCUT2D eigenvalue weighted by Gasteiger charge is 2.07. The fourth-order valence-corrected chi connectivity index (χ4v) is 2.72. The molecule has 0 aliphatic heterocycles. The third kappa shape index (κ3) is 4.18. The second-order valence-corrected chi connectivity index (χ2v) is 5.80. The van der Waals surface area contributed by atoms with Crippen molar-refractivity contribution in [2.75, 3.05) is 13.6 Å².